The van der Waals surface area contributed by atoms with Crippen molar-refractivity contribution in [1.29, 1.82) is 0 Å². The van der Waals surface area contributed by atoms with Crippen molar-refractivity contribution < 1.29 is 34.9 Å². The predicted octanol–water partition coefficient (Wildman–Crippen LogP) is -0.726. The molecule has 0 bridgehead atoms. The Morgan fingerprint density at radius 1 is 1.14 bits per heavy atom. The second-order valence-corrected chi connectivity index (χ2v) is 8.86. The predicted molar refractivity (Wildman–Crippen MR) is 83.4 cm³/mol. The van der Waals surface area contributed by atoms with Crippen LogP contribution in [0, 0.1) is 0 Å². The fraction of sp³-hybridized carbons (Fsp3) is 0.857. The van der Waals surface area contributed by atoms with Crippen molar-refractivity contribution in [3.8, 4) is 0 Å². The van der Waals surface area contributed by atoms with Gasteiger partial charge in [0, 0.05) is 40.7 Å². The van der Waals surface area contributed by atoms with Crippen LogP contribution < -0.4 is 12.4 Å². The Labute approximate surface area is 137 Å². The molecule has 0 aromatic rings. The van der Waals surface area contributed by atoms with Gasteiger partial charge in [0.2, 0.25) is 0 Å². The highest BCUT2D eigenvalue weighted by Crippen LogP contribution is 2.18. The lowest BCUT2D eigenvalue weighted by Gasteiger charge is -2.36. The molecular formula is C14H32ClNO4Si. The van der Waals surface area contributed by atoms with Crippen LogP contribution in [-0.4, -0.2) is 68.1 Å². The smallest absolute Gasteiger partial charge is 0.500 e. The summed E-state index contributed by atoms with van der Waals surface area (Å²) in [6, 6.07) is 0.811. The van der Waals surface area contributed by atoms with E-state index in [1.54, 1.807) is 21.3 Å². The number of ether oxygens (including phenoxy) is 1. The maximum atomic E-state index is 5.82. The molecule has 1 unspecified atom stereocenters. The molecule has 7 heteroatoms. The summed E-state index contributed by atoms with van der Waals surface area (Å²) in [6.07, 6.45) is 1.09. The molecule has 0 heterocycles. The van der Waals surface area contributed by atoms with Gasteiger partial charge in [-0.15, -0.1) is 0 Å². The lowest BCUT2D eigenvalue weighted by molar-refractivity contribution is -0.935. The first-order valence-electron chi connectivity index (χ1n) is 6.97. The zero-order chi connectivity index (χ0) is 15.8. The third kappa shape index (κ3) is 8.30. The first-order valence-corrected chi connectivity index (χ1v) is 8.90. The molecule has 0 fully saturated rings. The molecule has 0 aromatic carbocycles. The Kier molecular flexibility index (Phi) is 11.9. The first-order chi connectivity index (χ1) is 9.23. The SMILES string of the molecule is C=C(C)COC(C)[N+](C)(C)CCC[Si](OC)(OC)OC.[Cl-]. The highest BCUT2D eigenvalue weighted by molar-refractivity contribution is 6.60. The molecule has 0 aromatic heterocycles. The van der Waals surface area contributed by atoms with Crippen molar-refractivity contribution in [2.75, 3.05) is 48.6 Å². The lowest BCUT2D eigenvalue weighted by Crippen LogP contribution is -3.00. The van der Waals surface area contributed by atoms with E-state index in [9.17, 15) is 0 Å². The van der Waals surface area contributed by atoms with Gasteiger partial charge in [-0.25, -0.2) is 0 Å². The van der Waals surface area contributed by atoms with Gasteiger partial charge in [0.05, 0.1) is 27.2 Å². The van der Waals surface area contributed by atoms with Gasteiger partial charge in [0.15, 0.2) is 6.23 Å². The largest absolute Gasteiger partial charge is 1.00 e. The number of halogens is 1. The lowest BCUT2D eigenvalue weighted by atomic mass is 10.3. The molecule has 5 nitrogen and oxygen atoms in total. The number of hydrogen-bond acceptors (Lipinski definition) is 4. The van der Waals surface area contributed by atoms with Gasteiger partial charge in [0.1, 0.15) is 0 Å². The van der Waals surface area contributed by atoms with Gasteiger partial charge < -0.3 is 34.9 Å². The number of quaternary nitrogens is 1. The minimum atomic E-state index is -2.45. The van der Waals surface area contributed by atoms with Crippen molar-refractivity contribution in [2.24, 2.45) is 0 Å². The Morgan fingerprint density at radius 3 is 2.00 bits per heavy atom. The molecule has 1 atom stereocenters. The summed E-state index contributed by atoms with van der Waals surface area (Å²) < 4.78 is 22.9. The summed E-state index contributed by atoms with van der Waals surface area (Å²) >= 11 is 0. The molecule has 0 saturated carbocycles. The van der Waals surface area contributed by atoms with Crippen LogP contribution in [0.2, 0.25) is 6.04 Å². The molecule has 0 aliphatic rings. The average Bonchev–Trinajstić information content (AvgIpc) is 2.41. The standard InChI is InChI=1S/C14H32NO4Si.ClH/c1-13(2)12-19-14(3)15(4,5)10-9-11-20(16-6,17-7)18-8;/h14H,1,9-12H2,2-8H3;1H/q+1;/p-1. The second-order valence-electron chi connectivity index (χ2n) is 5.77. The van der Waals surface area contributed by atoms with Crippen LogP contribution in [0.5, 0.6) is 0 Å². The summed E-state index contributed by atoms with van der Waals surface area (Å²) in [5.41, 5.74) is 1.04. The van der Waals surface area contributed by atoms with Gasteiger partial charge >= 0.3 is 8.80 Å². The molecule has 0 saturated heterocycles. The van der Waals surface area contributed by atoms with Gasteiger partial charge in [-0.1, -0.05) is 12.2 Å². The minimum absolute atomic E-state index is 0. The zero-order valence-corrected chi connectivity index (χ0v) is 16.3. The quantitative estimate of drug-likeness (QED) is 0.215. The molecule has 0 aliphatic carbocycles. The molecule has 128 valence electrons. The highest BCUT2D eigenvalue weighted by atomic mass is 35.5. The van der Waals surface area contributed by atoms with Gasteiger partial charge in [-0.2, -0.15) is 0 Å². The summed E-state index contributed by atoms with van der Waals surface area (Å²) in [5.74, 6) is 0. The second kappa shape index (κ2) is 10.7. The maximum absolute atomic E-state index is 5.82. The van der Waals surface area contributed by atoms with Crippen molar-refractivity contribution >= 4 is 8.80 Å². The monoisotopic (exact) mass is 341 g/mol. The third-order valence-electron chi connectivity index (χ3n) is 3.71. The minimum Gasteiger partial charge on any atom is -1.00 e. The molecule has 0 spiro atoms. The van der Waals surface area contributed by atoms with E-state index in [1.807, 2.05) is 6.92 Å². The third-order valence-corrected chi connectivity index (χ3v) is 6.54. The van der Waals surface area contributed by atoms with E-state index in [4.69, 9.17) is 18.0 Å². The maximum Gasteiger partial charge on any atom is 0.500 e. The Bertz CT molecular complexity index is 290. The van der Waals surface area contributed by atoms with Crippen LogP contribution in [0.1, 0.15) is 20.3 Å². The molecule has 0 N–H and O–H groups in total. The molecule has 0 radical (unpaired) electrons. The average molecular weight is 342 g/mol. The van der Waals surface area contributed by atoms with E-state index in [2.05, 4.69) is 27.6 Å². The number of hydrogen-bond donors (Lipinski definition) is 0. The molecule has 0 aliphatic heterocycles. The van der Waals surface area contributed by atoms with Gasteiger partial charge in [-0.3, -0.25) is 0 Å². The Balaban J connectivity index is 0. The summed E-state index contributed by atoms with van der Waals surface area (Å²) in [4.78, 5) is 0. The molecule has 0 rings (SSSR count). The fourth-order valence-corrected chi connectivity index (χ4v) is 3.61. The van der Waals surface area contributed by atoms with Gasteiger partial charge in [0.25, 0.3) is 0 Å². The molecular weight excluding hydrogens is 310 g/mol. The molecule has 0 amide bonds. The van der Waals surface area contributed by atoms with Crippen LogP contribution in [-0.2, 0) is 18.0 Å². The van der Waals surface area contributed by atoms with Crippen molar-refractivity contribution in [1.82, 2.24) is 0 Å². The summed E-state index contributed by atoms with van der Waals surface area (Å²) in [7, 11) is 6.83. The van der Waals surface area contributed by atoms with E-state index in [0.717, 1.165) is 29.1 Å². The zero-order valence-electron chi connectivity index (χ0n) is 14.6. The van der Waals surface area contributed by atoms with Gasteiger partial charge in [-0.05, 0) is 6.92 Å². The fourth-order valence-electron chi connectivity index (χ4n) is 1.91. The first kappa shape index (κ1) is 23.3. The number of rotatable bonds is 11. The van der Waals surface area contributed by atoms with Crippen molar-refractivity contribution in [2.45, 2.75) is 32.5 Å². The van der Waals surface area contributed by atoms with E-state index in [1.165, 1.54) is 0 Å². The van der Waals surface area contributed by atoms with E-state index in [0.29, 0.717) is 6.61 Å². The normalized spacial score (nSPS) is 13.7. The van der Waals surface area contributed by atoms with Crippen LogP contribution in [0.15, 0.2) is 12.2 Å². The summed E-state index contributed by atoms with van der Waals surface area (Å²) in [6.45, 7) is 9.51. The van der Waals surface area contributed by atoms with Crippen LogP contribution >= 0.6 is 0 Å². The van der Waals surface area contributed by atoms with E-state index >= 15 is 0 Å². The van der Waals surface area contributed by atoms with Crippen molar-refractivity contribution in [3.63, 3.8) is 0 Å². The molecule has 21 heavy (non-hydrogen) atoms. The topological polar surface area (TPSA) is 36.9 Å². The van der Waals surface area contributed by atoms with Crippen LogP contribution in [0.4, 0.5) is 0 Å². The number of nitrogens with zero attached hydrogens (tertiary/aromatic N) is 1. The van der Waals surface area contributed by atoms with E-state index in [-0.39, 0.29) is 18.6 Å². The Hall–Kier alpha value is 0.0469. The Morgan fingerprint density at radius 2 is 1.62 bits per heavy atom. The van der Waals surface area contributed by atoms with Crippen molar-refractivity contribution in [3.05, 3.63) is 12.2 Å². The highest BCUT2D eigenvalue weighted by Gasteiger charge is 2.38. The summed E-state index contributed by atoms with van der Waals surface area (Å²) in [5, 5.41) is 0. The van der Waals surface area contributed by atoms with E-state index < -0.39 is 8.80 Å². The van der Waals surface area contributed by atoms with Crippen LogP contribution in [0.25, 0.3) is 0 Å². The van der Waals surface area contributed by atoms with Crippen LogP contribution in [0.3, 0.4) is 0 Å².